The van der Waals surface area contributed by atoms with Gasteiger partial charge in [-0.15, -0.1) is 0 Å². The maximum atomic E-state index is 11.7. The highest BCUT2D eigenvalue weighted by atomic mass is 32.1. The first-order valence-electron chi connectivity index (χ1n) is 6.31. The van der Waals surface area contributed by atoms with E-state index in [-0.39, 0.29) is 12.0 Å². The molecule has 0 aromatic carbocycles. The molecule has 2 rings (SSSR count). The van der Waals surface area contributed by atoms with E-state index in [0.29, 0.717) is 30.4 Å². The Hall–Kier alpha value is -1.05. The molecular formula is C12H19N3O3S. The minimum Gasteiger partial charge on any atom is -0.447 e. The number of hydrogen-bond acceptors (Lipinski definition) is 6. The predicted octanol–water partition coefficient (Wildman–Crippen LogP) is 0.555. The van der Waals surface area contributed by atoms with E-state index in [1.54, 1.807) is 7.11 Å². The van der Waals surface area contributed by atoms with E-state index in [0.717, 1.165) is 19.5 Å². The number of carbonyl (C=O) groups is 1. The molecule has 7 heteroatoms. The standard InChI is InChI=1S/C12H19N3O3S/c1-17-9-2-4-15(6-9)7-11-14-10(8-18-11)12(16)13-3-5-19/h8-9,19H,2-7H2,1H3,(H,13,16)/t9-/m0/s1. The van der Waals surface area contributed by atoms with Crippen molar-refractivity contribution in [2.75, 3.05) is 32.5 Å². The van der Waals surface area contributed by atoms with Crippen LogP contribution in [0.3, 0.4) is 0 Å². The first-order valence-corrected chi connectivity index (χ1v) is 6.94. The third-order valence-electron chi connectivity index (χ3n) is 3.10. The lowest BCUT2D eigenvalue weighted by molar-refractivity contribution is 0.0950. The SMILES string of the molecule is CO[C@H]1CCN(Cc2nc(C(=O)NCCS)co2)C1. The molecule has 1 atom stereocenters. The topological polar surface area (TPSA) is 67.6 Å². The van der Waals surface area contributed by atoms with Gasteiger partial charge in [0.25, 0.3) is 5.91 Å². The van der Waals surface area contributed by atoms with Crippen molar-refractivity contribution < 1.29 is 13.9 Å². The van der Waals surface area contributed by atoms with E-state index >= 15 is 0 Å². The number of aromatic nitrogens is 1. The van der Waals surface area contributed by atoms with Crippen LogP contribution in [-0.2, 0) is 11.3 Å². The molecule has 2 heterocycles. The summed E-state index contributed by atoms with van der Waals surface area (Å²) in [5.74, 6) is 0.941. The number of carbonyl (C=O) groups excluding carboxylic acids is 1. The monoisotopic (exact) mass is 285 g/mol. The lowest BCUT2D eigenvalue weighted by Crippen LogP contribution is -2.26. The smallest absolute Gasteiger partial charge is 0.273 e. The number of thiol groups is 1. The van der Waals surface area contributed by atoms with Crippen LogP contribution in [0.1, 0.15) is 22.8 Å². The zero-order chi connectivity index (χ0) is 13.7. The van der Waals surface area contributed by atoms with Gasteiger partial charge in [-0.2, -0.15) is 12.6 Å². The van der Waals surface area contributed by atoms with Gasteiger partial charge in [0.1, 0.15) is 6.26 Å². The van der Waals surface area contributed by atoms with Gasteiger partial charge in [-0.25, -0.2) is 4.98 Å². The molecule has 1 aromatic rings. The van der Waals surface area contributed by atoms with Crippen LogP contribution < -0.4 is 5.32 Å². The molecule has 6 nitrogen and oxygen atoms in total. The van der Waals surface area contributed by atoms with Crippen LogP contribution in [0.15, 0.2) is 10.7 Å². The highest BCUT2D eigenvalue weighted by molar-refractivity contribution is 7.80. The first kappa shape index (κ1) is 14.4. The van der Waals surface area contributed by atoms with E-state index in [1.165, 1.54) is 6.26 Å². The second kappa shape index (κ2) is 6.93. The minimum atomic E-state index is -0.222. The van der Waals surface area contributed by atoms with Crippen LogP contribution in [0, 0.1) is 0 Å². The molecule has 106 valence electrons. The molecule has 0 saturated carbocycles. The summed E-state index contributed by atoms with van der Waals surface area (Å²) >= 11 is 4.03. The quantitative estimate of drug-likeness (QED) is 0.747. The van der Waals surface area contributed by atoms with Gasteiger partial charge >= 0.3 is 0 Å². The molecule has 0 radical (unpaired) electrons. The third-order valence-corrected chi connectivity index (χ3v) is 3.33. The second-order valence-corrected chi connectivity index (χ2v) is 4.93. The molecule has 0 aliphatic carbocycles. The number of hydrogen-bond donors (Lipinski definition) is 2. The number of nitrogens with zero attached hydrogens (tertiary/aromatic N) is 2. The molecule has 0 spiro atoms. The van der Waals surface area contributed by atoms with Gasteiger partial charge in [-0.05, 0) is 6.42 Å². The maximum Gasteiger partial charge on any atom is 0.273 e. The highest BCUT2D eigenvalue weighted by Gasteiger charge is 2.23. The second-order valence-electron chi connectivity index (χ2n) is 4.49. The molecule has 1 aliphatic rings. The fourth-order valence-corrected chi connectivity index (χ4v) is 2.18. The molecule has 1 amide bonds. The van der Waals surface area contributed by atoms with Gasteiger partial charge in [-0.3, -0.25) is 9.69 Å². The van der Waals surface area contributed by atoms with Crippen molar-refractivity contribution >= 4 is 18.5 Å². The van der Waals surface area contributed by atoms with Crippen molar-refractivity contribution in [2.24, 2.45) is 0 Å². The number of nitrogens with one attached hydrogen (secondary N) is 1. The number of ether oxygens (including phenoxy) is 1. The largest absolute Gasteiger partial charge is 0.447 e. The lowest BCUT2D eigenvalue weighted by Gasteiger charge is -2.12. The van der Waals surface area contributed by atoms with E-state index in [1.807, 2.05) is 0 Å². The maximum absolute atomic E-state index is 11.7. The van der Waals surface area contributed by atoms with Crippen molar-refractivity contribution in [2.45, 2.75) is 19.1 Å². The third kappa shape index (κ3) is 3.95. The molecule has 1 N–H and O–H groups in total. The van der Waals surface area contributed by atoms with Gasteiger partial charge in [-0.1, -0.05) is 0 Å². The Morgan fingerprint density at radius 1 is 1.74 bits per heavy atom. The molecule has 1 fully saturated rings. The molecule has 0 bridgehead atoms. The average molecular weight is 285 g/mol. The Morgan fingerprint density at radius 3 is 3.26 bits per heavy atom. The zero-order valence-electron chi connectivity index (χ0n) is 11.0. The number of likely N-dealkylation sites (tertiary alicyclic amines) is 1. The van der Waals surface area contributed by atoms with Gasteiger partial charge < -0.3 is 14.5 Å². The van der Waals surface area contributed by atoms with Crippen molar-refractivity contribution in [3.05, 3.63) is 17.8 Å². The Bertz CT molecular complexity index is 424. The molecular weight excluding hydrogens is 266 g/mol. The average Bonchev–Trinajstić information content (AvgIpc) is 3.05. The summed E-state index contributed by atoms with van der Waals surface area (Å²) in [7, 11) is 1.73. The number of oxazole rings is 1. The summed E-state index contributed by atoms with van der Waals surface area (Å²) in [6.45, 7) is 2.97. The van der Waals surface area contributed by atoms with E-state index < -0.39 is 0 Å². The summed E-state index contributed by atoms with van der Waals surface area (Å²) in [5, 5.41) is 2.70. The van der Waals surface area contributed by atoms with Crippen LogP contribution in [-0.4, -0.2) is 54.4 Å². The summed E-state index contributed by atoms with van der Waals surface area (Å²) in [4.78, 5) is 18.0. The lowest BCUT2D eigenvalue weighted by atomic mass is 10.3. The van der Waals surface area contributed by atoms with Crippen LogP contribution in [0.25, 0.3) is 0 Å². The fourth-order valence-electron chi connectivity index (χ4n) is 2.07. The van der Waals surface area contributed by atoms with Crippen LogP contribution in [0.5, 0.6) is 0 Å². The van der Waals surface area contributed by atoms with Crippen molar-refractivity contribution in [1.29, 1.82) is 0 Å². The van der Waals surface area contributed by atoms with Gasteiger partial charge in [0.2, 0.25) is 5.89 Å². The van der Waals surface area contributed by atoms with Gasteiger partial charge in [0.05, 0.1) is 12.6 Å². The molecule has 19 heavy (non-hydrogen) atoms. The molecule has 0 unspecified atom stereocenters. The Balaban J connectivity index is 1.85. The van der Waals surface area contributed by atoms with Crippen molar-refractivity contribution in [1.82, 2.24) is 15.2 Å². The van der Waals surface area contributed by atoms with Crippen LogP contribution in [0.2, 0.25) is 0 Å². The summed E-state index contributed by atoms with van der Waals surface area (Å²) in [5.41, 5.74) is 0.319. The predicted molar refractivity (Wildman–Crippen MR) is 73.4 cm³/mol. The first-order chi connectivity index (χ1) is 9.22. The summed E-state index contributed by atoms with van der Waals surface area (Å²) in [6, 6.07) is 0. The van der Waals surface area contributed by atoms with Gasteiger partial charge in [0.15, 0.2) is 5.69 Å². The number of amides is 1. The van der Waals surface area contributed by atoms with E-state index in [9.17, 15) is 4.79 Å². The normalized spacial score (nSPS) is 19.8. The molecule has 1 aromatic heterocycles. The molecule has 1 saturated heterocycles. The zero-order valence-corrected chi connectivity index (χ0v) is 11.9. The molecule has 1 aliphatic heterocycles. The van der Waals surface area contributed by atoms with E-state index in [2.05, 4.69) is 27.8 Å². The number of rotatable bonds is 6. The van der Waals surface area contributed by atoms with E-state index in [4.69, 9.17) is 9.15 Å². The van der Waals surface area contributed by atoms with Crippen LogP contribution >= 0.6 is 12.6 Å². The highest BCUT2D eigenvalue weighted by Crippen LogP contribution is 2.15. The fraction of sp³-hybridized carbons (Fsp3) is 0.667. The van der Waals surface area contributed by atoms with Gasteiger partial charge in [0, 0.05) is 32.5 Å². The minimum absolute atomic E-state index is 0.222. The van der Waals surface area contributed by atoms with Crippen LogP contribution in [0.4, 0.5) is 0 Å². The summed E-state index contributed by atoms with van der Waals surface area (Å²) < 4.78 is 10.6. The Kier molecular flexibility index (Phi) is 5.24. The number of methoxy groups -OCH3 is 1. The summed E-state index contributed by atoms with van der Waals surface area (Å²) in [6.07, 6.45) is 2.70. The van der Waals surface area contributed by atoms with Crippen molar-refractivity contribution in [3.8, 4) is 0 Å². The van der Waals surface area contributed by atoms with Crippen molar-refractivity contribution in [3.63, 3.8) is 0 Å². The Morgan fingerprint density at radius 2 is 2.58 bits per heavy atom. The Labute approximate surface area is 117 Å².